The van der Waals surface area contributed by atoms with E-state index in [1.54, 1.807) is 17.3 Å². The third kappa shape index (κ3) is 4.65. The van der Waals surface area contributed by atoms with Crippen molar-refractivity contribution < 1.29 is 4.79 Å². The number of unbranched alkanes of at least 4 members (excludes halogenated alkanes) is 1. The van der Waals surface area contributed by atoms with Gasteiger partial charge in [0.25, 0.3) is 0 Å². The van der Waals surface area contributed by atoms with Crippen LogP contribution in [0.3, 0.4) is 0 Å². The number of benzene rings is 1. The molecule has 1 aliphatic heterocycles. The quantitative estimate of drug-likeness (QED) is 0.482. The van der Waals surface area contributed by atoms with Crippen LogP contribution in [0.5, 0.6) is 0 Å². The second-order valence-electron chi connectivity index (χ2n) is 8.26. The molecule has 4 heteroatoms. The van der Waals surface area contributed by atoms with E-state index in [0.29, 0.717) is 23.6 Å². The fourth-order valence-electron chi connectivity index (χ4n) is 4.85. The summed E-state index contributed by atoms with van der Waals surface area (Å²) in [7, 11) is 0. The number of piperidine rings is 1. The Morgan fingerprint density at radius 3 is 2.75 bits per heavy atom. The number of carbonyl (C=O) groups is 1. The van der Waals surface area contributed by atoms with Gasteiger partial charge in [0.1, 0.15) is 6.29 Å². The Kier molecular flexibility index (Phi) is 8.04. The summed E-state index contributed by atoms with van der Waals surface area (Å²) in [5, 5.41) is 1.48. The zero-order valence-corrected chi connectivity index (χ0v) is 18.6. The van der Waals surface area contributed by atoms with Gasteiger partial charge < -0.3 is 9.78 Å². The van der Waals surface area contributed by atoms with Crippen molar-refractivity contribution in [3.8, 4) is 0 Å². The van der Waals surface area contributed by atoms with Crippen LogP contribution in [0, 0.1) is 5.92 Å². The lowest BCUT2D eigenvalue weighted by molar-refractivity contribution is -0.105. The number of aromatic amines is 1. The summed E-state index contributed by atoms with van der Waals surface area (Å²) in [6, 6.07) is 7.40. The van der Waals surface area contributed by atoms with Crippen molar-refractivity contribution >= 4 is 29.0 Å². The third-order valence-corrected chi connectivity index (χ3v) is 7.29. The minimum absolute atomic E-state index is 0.635. The van der Waals surface area contributed by atoms with Crippen molar-refractivity contribution in [2.45, 2.75) is 64.8 Å². The molecule has 28 heavy (non-hydrogen) atoms. The Morgan fingerprint density at radius 2 is 2.04 bits per heavy atom. The minimum Gasteiger partial charge on any atom is -0.361 e. The average Bonchev–Trinajstić information content (AvgIpc) is 3.14. The normalized spacial score (nSPS) is 23.8. The molecule has 4 rings (SSSR count). The van der Waals surface area contributed by atoms with Crippen molar-refractivity contribution in [1.29, 1.82) is 0 Å². The van der Waals surface area contributed by atoms with Gasteiger partial charge in [-0.15, -0.1) is 0 Å². The maximum atomic E-state index is 10.6. The highest BCUT2D eigenvalue weighted by Gasteiger charge is 2.40. The molecule has 2 aromatic rings. The molecule has 0 saturated carbocycles. The summed E-state index contributed by atoms with van der Waals surface area (Å²) in [5.41, 5.74) is 4.34. The maximum Gasteiger partial charge on any atom is 0.129 e. The van der Waals surface area contributed by atoms with E-state index in [1.165, 1.54) is 61.7 Å². The average molecular weight is 401 g/mol. The maximum absolute atomic E-state index is 10.6. The molecule has 1 N–H and O–H groups in total. The van der Waals surface area contributed by atoms with Crippen molar-refractivity contribution in [2.24, 2.45) is 5.92 Å². The Bertz CT molecular complexity index is 754. The van der Waals surface area contributed by atoms with Gasteiger partial charge in [-0.1, -0.05) is 45.7 Å². The molecule has 0 radical (unpaired) electrons. The van der Waals surface area contributed by atoms with Crippen molar-refractivity contribution in [1.82, 2.24) is 9.88 Å². The Balaban J connectivity index is 0.000000516. The zero-order valence-electron chi connectivity index (χ0n) is 17.7. The predicted molar refractivity (Wildman–Crippen MR) is 122 cm³/mol. The number of H-pyrrole nitrogens is 1. The number of fused-ring (bicyclic) bond motifs is 2. The van der Waals surface area contributed by atoms with Gasteiger partial charge in [-0.05, 0) is 54.7 Å². The predicted octanol–water partition coefficient (Wildman–Crippen LogP) is 5.65. The number of hydrogen-bond donors (Lipinski definition) is 1. The molecule has 0 spiro atoms. The molecule has 3 nitrogen and oxygen atoms in total. The highest BCUT2D eigenvalue weighted by atomic mass is 32.2. The van der Waals surface area contributed by atoms with Gasteiger partial charge in [0.15, 0.2) is 0 Å². The summed E-state index contributed by atoms with van der Waals surface area (Å²) in [6.45, 7) is 9.02. The van der Waals surface area contributed by atoms with Crippen LogP contribution < -0.4 is 0 Å². The SMILES string of the molecule is CCCC.CCCN1CC(CSCC=O)CC2c3cccc4[nH]cc(c34)CC21. The second-order valence-corrected chi connectivity index (χ2v) is 9.34. The number of thioether (sulfide) groups is 1. The number of carbonyl (C=O) groups excluding carboxylic acids is 1. The lowest BCUT2D eigenvalue weighted by Crippen LogP contribution is -2.50. The molecule has 154 valence electrons. The fraction of sp³-hybridized carbons (Fsp3) is 0.625. The van der Waals surface area contributed by atoms with Gasteiger partial charge in [0, 0.05) is 41.4 Å². The largest absolute Gasteiger partial charge is 0.361 e. The second kappa shape index (κ2) is 10.5. The monoisotopic (exact) mass is 400 g/mol. The number of nitrogens with zero attached hydrogens (tertiary/aromatic N) is 1. The van der Waals surface area contributed by atoms with Crippen LogP contribution in [0.2, 0.25) is 0 Å². The Labute approximate surface area is 174 Å². The molecule has 0 amide bonds. The van der Waals surface area contributed by atoms with Crippen LogP contribution in [0.25, 0.3) is 10.9 Å². The highest BCUT2D eigenvalue weighted by molar-refractivity contribution is 7.99. The van der Waals surface area contributed by atoms with Crippen molar-refractivity contribution in [2.75, 3.05) is 24.6 Å². The van der Waals surface area contributed by atoms with Crippen molar-refractivity contribution in [3.63, 3.8) is 0 Å². The fourth-order valence-corrected chi connectivity index (χ4v) is 5.65. The van der Waals surface area contributed by atoms with Crippen LogP contribution in [-0.2, 0) is 11.2 Å². The van der Waals surface area contributed by atoms with Gasteiger partial charge in [0.2, 0.25) is 0 Å². The lowest BCUT2D eigenvalue weighted by atomic mass is 9.72. The summed E-state index contributed by atoms with van der Waals surface area (Å²) in [5.74, 6) is 3.08. The Hall–Kier alpha value is -1.26. The molecular formula is C24H36N2OS. The van der Waals surface area contributed by atoms with E-state index in [0.717, 1.165) is 12.0 Å². The molecule has 3 atom stereocenters. The lowest BCUT2D eigenvalue weighted by Gasteiger charge is -2.47. The van der Waals surface area contributed by atoms with E-state index < -0.39 is 0 Å². The van der Waals surface area contributed by atoms with E-state index in [1.807, 2.05) is 0 Å². The van der Waals surface area contributed by atoms with Gasteiger partial charge in [0.05, 0.1) is 0 Å². The molecule has 0 bridgehead atoms. The van der Waals surface area contributed by atoms with Crippen LogP contribution >= 0.6 is 11.8 Å². The first-order chi connectivity index (χ1) is 13.7. The molecule has 1 fully saturated rings. The summed E-state index contributed by atoms with van der Waals surface area (Å²) >= 11 is 1.80. The van der Waals surface area contributed by atoms with E-state index >= 15 is 0 Å². The first kappa shape index (κ1) is 21.4. The van der Waals surface area contributed by atoms with Gasteiger partial charge >= 0.3 is 0 Å². The molecule has 1 saturated heterocycles. The first-order valence-corrected chi connectivity index (χ1v) is 12.2. The smallest absolute Gasteiger partial charge is 0.129 e. The summed E-state index contributed by atoms with van der Waals surface area (Å²) < 4.78 is 0. The number of nitrogens with one attached hydrogen (secondary N) is 1. The van der Waals surface area contributed by atoms with Crippen LogP contribution in [0.1, 0.15) is 63.5 Å². The Morgan fingerprint density at radius 1 is 1.21 bits per heavy atom. The molecule has 2 heterocycles. The topological polar surface area (TPSA) is 36.1 Å². The van der Waals surface area contributed by atoms with E-state index in [-0.39, 0.29) is 0 Å². The molecular weight excluding hydrogens is 364 g/mol. The minimum atomic E-state index is 0.635. The third-order valence-electron chi connectivity index (χ3n) is 6.21. The standard InChI is InChI=1S/C20H26N2OS.C4H10/c1-2-6-22-12-14(13-24-8-7-23)9-17-16-4-3-5-18-20(16)15(11-21-18)10-19(17)22;1-3-4-2/h3-5,7,11,14,17,19,21H,2,6,8-10,12-13H2,1H3;3-4H2,1-2H3. The van der Waals surface area contributed by atoms with E-state index in [4.69, 9.17) is 0 Å². The number of likely N-dealkylation sites (tertiary alicyclic amines) is 1. The number of aldehydes is 1. The molecule has 1 aliphatic carbocycles. The molecule has 1 aromatic carbocycles. The van der Waals surface area contributed by atoms with Gasteiger partial charge in [-0.25, -0.2) is 0 Å². The first-order valence-electron chi connectivity index (χ1n) is 11.1. The molecule has 2 aliphatic rings. The van der Waals surface area contributed by atoms with Crippen LogP contribution in [0.15, 0.2) is 24.4 Å². The molecule has 1 aromatic heterocycles. The summed E-state index contributed by atoms with van der Waals surface area (Å²) in [6.07, 6.45) is 9.55. The molecule has 3 unspecified atom stereocenters. The number of aromatic nitrogens is 1. The highest BCUT2D eigenvalue weighted by Crippen LogP contribution is 2.45. The van der Waals surface area contributed by atoms with Gasteiger partial charge in [-0.2, -0.15) is 11.8 Å². The zero-order chi connectivity index (χ0) is 19.9. The van der Waals surface area contributed by atoms with Crippen LogP contribution in [0.4, 0.5) is 0 Å². The van der Waals surface area contributed by atoms with Crippen molar-refractivity contribution in [3.05, 3.63) is 35.5 Å². The number of rotatable bonds is 7. The van der Waals surface area contributed by atoms with Crippen LogP contribution in [-0.4, -0.2) is 46.8 Å². The number of hydrogen-bond acceptors (Lipinski definition) is 3. The van der Waals surface area contributed by atoms with Gasteiger partial charge in [-0.3, -0.25) is 4.90 Å². The summed E-state index contributed by atoms with van der Waals surface area (Å²) in [4.78, 5) is 16.8. The van der Waals surface area contributed by atoms with E-state index in [9.17, 15) is 4.79 Å². The van der Waals surface area contributed by atoms with E-state index in [2.05, 4.69) is 55.1 Å².